The summed E-state index contributed by atoms with van der Waals surface area (Å²) < 4.78 is 11.9. The first kappa shape index (κ1) is 12.6. The number of nitrogens with zero attached hydrogens (tertiary/aromatic N) is 2. The molecule has 0 spiro atoms. The van der Waals surface area contributed by atoms with Gasteiger partial charge in [0.2, 0.25) is 0 Å². The first-order valence-electron chi connectivity index (χ1n) is 6.58. The largest absolute Gasteiger partial charge is 0.483 e. The van der Waals surface area contributed by atoms with E-state index in [1.165, 1.54) is 5.01 Å². The number of carbonyl (C=O) groups is 1. The zero-order valence-electron chi connectivity index (χ0n) is 11.0. The first-order valence-corrected chi connectivity index (χ1v) is 7.37. The monoisotopic (exact) mass is 346 g/mol. The van der Waals surface area contributed by atoms with Gasteiger partial charge >= 0.3 is 0 Å². The Morgan fingerprint density at radius 2 is 2.24 bits per heavy atom. The average molecular weight is 347 g/mol. The quantitative estimate of drug-likeness (QED) is 0.797. The summed E-state index contributed by atoms with van der Waals surface area (Å²) in [5, 5.41) is 5.94. The molecule has 3 heterocycles. The van der Waals surface area contributed by atoms with E-state index in [-0.39, 0.29) is 18.6 Å². The Kier molecular flexibility index (Phi) is 2.85. The van der Waals surface area contributed by atoms with Crippen molar-refractivity contribution >= 4 is 27.5 Å². The summed E-state index contributed by atoms with van der Waals surface area (Å²) in [6, 6.07) is 9.29. The zero-order valence-corrected chi connectivity index (χ0v) is 12.5. The molecule has 0 saturated heterocycles. The summed E-state index contributed by atoms with van der Waals surface area (Å²) >= 11 is 3.47. The van der Waals surface area contributed by atoms with Crippen LogP contribution in [0.1, 0.15) is 23.8 Å². The van der Waals surface area contributed by atoms with E-state index in [0.717, 1.165) is 21.5 Å². The van der Waals surface area contributed by atoms with E-state index < -0.39 is 0 Å². The van der Waals surface area contributed by atoms with E-state index in [9.17, 15) is 4.79 Å². The van der Waals surface area contributed by atoms with Crippen molar-refractivity contribution in [2.75, 3.05) is 6.61 Å². The zero-order chi connectivity index (χ0) is 14.4. The Hall–Kier alpha value is -2.08. The highest BCUT2D eigenvalue weighted by atomic mass is 79.9. The number of ether oxygens (including phenoxy) is 1. The molecule has 4 rings (SSSR count). The number of hydrogen-bond acceptors (Lipinski definition) is 4. The highest BCUT2D eigenvalue weighted by Gasteiger charge is 2.37. The molecule has 5 nitrogen and oxygen atoms in total. The van der Waals surface area contributed by atoms with Crippen LogP contribution in [0.4, 0.5) is 0 Å². The van der Waals surface area contributed by atoms with Gasteiger partial charge in [-0.25, -0.2) is 5.01 Å². The van der Waals surface area contributed by atoms with Crippen molar-refractivity contribution in [3.63, 3.8) is 0 Å². The molecule has 1 aromatic carbocycles. The molecule has 1 unspecified atom stereocenters. The van der Waals surface area contributed by atoms with E-state index >= 15 is 0 Å². The molecule has 21 heavy (non-hydrogen) atoms. The Labute approximate surface area is 129 Å². The van der Waals surface area contributed by atoms with Crippen molar-refractivity contribution in [2.45, 2.75) is 12.5 Å². The highest BCUT2D eigenvalue weighted by Crippen LogP contribution is 2.40. The smallest absolute Gasteiger partial charge is 0.281 e. The fourth-order valence-electron chi connectivity index (χ4n) is 2.69. The molecule has 0 bridgehead atoms. The first-order chi connectivity index (χ1) is 10.2. The summed E-state index contributed by atoms with van der Waals surface area (Å²) in [6.07, 6.45) is 2.23. The minimum Gasteiger partial charge on any atom is -0.483 e. The minimum absolute atomic E-state index is 0.0000666. The van der Waals surface area contributed by atoms with Gasteiger partial charge in [-0.15, -0.1) is 0 Å². The molecule has 1 atom stereocenters. The summed E-state index contributed by atoms with van der Waals surface area (Å²) in [5.41, 5.74) is 1.74. The van der Waals surface area contributed by atoms with Crippen molar-refractivity contribution in [2.24, 2.45) is 5.10 Å². The number of amides is 1. The standard InChI is InChI=1S/C15H11BrN2O3/c16-9-3-4-13-10(6-9)12-7-11(14-2-1-5-20-14)17-18(12)15(19)8-21-13/h1-6,12H,7-8H2. The van der Waals surface area contributed by atoms with Gasteiger partial charge in [-0.05, 0) is 30.3 Å². The van der Waals surface area contributed by atoms with Gasteiger partial charge in [0.05, 0.1) is 12.3 Å². The maximum atomic E-state index is 12.2. The van der Waals surface area contributed by atoms with Crippen LogP contribution >= 0.6 is 15.9 Å². The molecular weight excluding hydrogens is 336 g/mol. The van der Waals surface area contributed by atoms with Gasteiger partial charge in [-0.1, -0.05) is 15.9 Å². The number of carbonyl (C=O) groups excluding carboxylic acids is 1. The summed E-state index contributed by atoms with van der Waals surface area (Å²) in [6.45, 7) is 0.0000666. The molecule has 0 N–H and O–H groups in total. The minimum atomic E-state index is -0.146. The van der Waals surface area contributed by atoms with E-state index in [1.54, 1.807) is 6.26 Å². The Balaban J connectivity index is 1.78. The normalized spacial score (nSPS) is 20.4. The van der Waals surface area contributed by atoms with E-state index in [1.807, 2.05) is 30.3 Å². The van der Waals surface area contributed by atoms with Crippen LogP contribution in [-0.4, -0.2) is 23.2 Å². The second kappa shape index (κ2) is 4.73. The third-order valence-corrected chi connectivity index (χ3v) is 4.15. The lowest BCUT2D eigenvalue weighted by molar-refractivity contribution is -0.134. The van der Waals surface area contributed by atoms with E-state index in [0.29, 0.717) is 12.2 Å². The molecule has 0 fully saturated rings. The Bertz CT molecular complexity index is 739. The van der Waals surface area contributed by atoms with Gasteiger partial charge in [0.25, 0.3) is 5.91 Å². The SMILES string of the molecule is O=C1COc2ccc(Br)cc2C2CC(c3ccco3)=NN12. The van der Waals surface area contributed by atoms with Gasteiger partial charge in [0, 0.05) is 16.5 Å². The number of hydrazone groups is 1. The van der Waals surface area contributed by atoms with Crippen molar-refractivity contribution < 1.29 is 13.9 Å². The molecule has 0 radical (unpaired) electrons. The van der Waals surface area contributed by atoms with Gasteiger partial charge in [0.1, 0.15) is 17.2 Å². The van der Waals surface area contributed by atoms with Crippen LogP contribution in [0, 0.1) is 0 Å². The lowest BCUT2D eigenvalue weighted by atomic mass is 10.0. The molecular formula is C15H11BrN2O3. The number of halogens is 1. The third kappa shape index (κ3) is 2.06. The molecule has 0 aliphatic carbocycles. The molecule has 106 valence electrons. The fourth-order valence-corrected chi connectivity index (χ4v) is 3.07. The van der Waals surface area contributed by atoms with Gasteiger partial charge < -0.3 is 9.15 Å². The predicted octanol–water partition coefficient (Wildman–Crippen LogP) is 3.11. The maximum absolute atomic E-state index is 12.2. The Morgan fingerprint density at radius 3 is 3.05 bits per heavy atom. The van der Waals surface area contributed by atoms with Gasteiger partial charge in [-0.2, -0.15) is 5.10 Å². The molecule has 2 aromatic rings. The maximum Gasteiger partial charge on any atom is 0.281 e. The number of benzene rings is 1. The van der Waals surface area contributed by atoms with Gasteiger partial charge in [-0.3, -0.25) is 4.79 Å². The molecule has 2 aliphatic rings. The average Bonchev–Trinajstić information content (AvgIpc) is 3.12. The van der Waals surface area contributed by atoms with Gasteiger partial charge in [0.15, 0.2) is 6.61 Å². The second-order valence-electron chi connectivity index (χ2n) is 4.95. The van der Waals surface area contributed by atoms with Crippen molar-refractivity contribution in [3.05, 3.63) is 52.4 Å². The summed E-state index contributed by atoms with van der Waals surface area (Å²) in [5.74, 6) is 1.29. The lowest BCUT2D eigenvalue weighted by Gasteiger charge is -2.18. The molecule has 1 amide bonds. The number of fused-ring (bicyclic) bond motifs is 3. The number of hydrogen-bond donors (Lipinski definition) is 0. The van der Waals surface area contributed by atoms with Crippen LogP contribution < -0.4 is 4.74 Å². The summed E-state index contributed by atoms with van der Waals surface area (Å²) in [4.78, 5) is 12.2. The van der Waals surface area contributed by atoms with Crippen LogP contribution in [0.3, 0.4) is 0 Å². The molecule has 1 aromatic heterocycles. The topological polar surface area (TPSA) is 55.0 Å². The van der Waals surface area contributed by atoms with Crippen LogP contribution in [-0.2, 0) is 4.79 Å². The van der Waals surface area contributed by atoms with Crippen LogP contribution in [0.15, 0.2) is 50.6 Å². The van der Waals surface area contributed by atoms with Crippen LogP contribution in [0.5, 0.6) is 5.75 Å². The third-order valence-electron chi connectivity index (χ3n) is 3.65. The number of rotatable bonds is 1. The number of furan rings is 1. The van der Waals surface area contributed by atoms with Crippen molar-refractivity contribution in [1.82, 2.24) is 5.01 Å². The lowest BCUT2D eigenvalue weighted by Crippen LogP contribution is -2.28. The van der Waals surface area contributed by atoms with Crippen molar-refractivity contribution in [1.29, 1.82) is 0 Å². The summed E-state index contributed by atoms with van der Waals surface area (Å²) in [7, 11) is 0. The van der Waals surface area contributed by atoms with Crippen LogP contribution in [0.2, 0.25) is 0 Å². The molecule has 6 heteroatoms. The second-order valence-corrected chi connectivity index (χ2v) is 5.87. The Morgan fingerprint density at radius 1 is 1.33 bits per heavy atom. The fraction of sp³-hybridized carbons (Fsp3) is 0.200. The van der Waals surface area contributed by atoms with Crippen molar-refractivity contribution in [3.8, 4) is 5.75 Å². The van der Waals surface area contributed by atoms with Crippen LogP contribution in [0.25, 0.3) is 0 Å². The van der Waals surface area contributed by atoms with E-state index in [4.69, 9.17) is 9.15 Å². The van der Waals surface area contributed by atoms with E-state index in [2.05, 4.69) is 21.0 Å². The molecule has 2 aliphatic heterocycles. The molecule has 0 saturated carbocycles. The predicted molar refractivity (Wildman–Crippen MR) is 79.1 cm³/mol. The highest BCUT2D eigenvalue weighted by molar-refractivity contribution is 9.10.